The minimum absolute atomic E-state index is 0.416. The molecule has 15 heavy (non-hydrogen) atoms. The summed E-state index contributed by atoms with van der Waals surface area (Å²) in [5.74, 6) is 0.155. The number of nitrogens with two attached hydrogens (primary N) is 1. The third kappa shape index (κ3) is 2.21. The molecule has 2 heterocycles. The van der Waals surface area contributed by atoms with E-state index in [0.717, 1.165) is 0 Å². The lowest BCUT2D eigenvalue weighted by Gasteiger charge is -2.31. The summed E-state index contributed by atoms with van der Waals surface area (Å²) in [5.41, 5.74) is 5.18. The van der Waals surface area contributed by atoms with Gasteiger partial charge in [-0.15, -0.1) is 0 Å². The van der Waals surface area contributed by atoms with Crippen LogP contribution in [0.2, 0.25) is 0 Å². The van der Waals surface area contributed by atoms with Crippen LogP contribution in [0, 0.1) is 0 Å². The molecule has 0 saturated carbocycles. The maximum absolute atomic E-state index is 11.0. The summed E-state index contributed by atoms with van der Waals surface area (Å²) in [6.07, 6.45) is 2.76. The lowest BCUT2D eigenvalue weighted by atomic mass is 10.2. The van der Waals surface area contributed by atoms with Crippen molar-refractivity contribution in [2.45, 2.75) is 6.10 Å². The standard InChI is InChI=1S/C9H12N4O2/c10-8(14)7-6-13(4-5-15-7)9-11-2-1-3-12-9/h1-3,7H,4-6H2,(H2,10,14)/t7-/m1/s1. The van der Waals surface area contributed by atoms with Crippen LogP contribution in [0.5, 0.6) is 0 Å². The highest BCUT2D eigenvalue weighted by molar-refractivity contribution is 5.79. The van der Waals surface area contributed by atoms with E-state index in [9.17, 15) is 4.79 Å². The molecule has 2 rings (SSSR count). The minimum atomic E-state index is -0.567. The van der Waals surface area contributed by atoms with Crippen molar-refractivity contribution in [3.63, 3.8) is 0 Å². The fourth-order valence-electron chi connectivity index (χ4n) is 1.46. The number of ether oxygens (including phenoxy) is 1. The number of rotatable bonds is 2. The SMILES string of the molecule is NC(=O)[C@H]1CN(c2ncccn2)CCO1. The van der Waals surface area contributed by atoms with E-state index in [4.69, 9.17) is 10.5 Å². The quantitative estimate of drug-likeness (QED) is 0.685. The van der Waals surface area contributed by atoms with Crippen LogP contribution in [0.1, 0.15) is 0 Å². The first-order chi connectivity index (χ1) is 7.27. The molecule has 6 nitrogen and oxygen atoms in total. The molecule has 1 atom stereocenters. The van der Waals surface area contributed by atoms with Gasteiger partial charge in [-0.05, 0) is 6.07 Å². The Labute approximate surface area is 87.1 Å². The van der Waals surface area contributed by atoms with Crippen molar-refractivity contribution < 1.29 is 9.53 Å². The third-order valence-electron chi connectivity index (χ3n) is 2.22. The zero-order chi connectivity index (χ0) is 10.7. The predicted octanol–water partition coefficient (Wildman–Crippen LogP) is -0.833. The number of hydrogen-bond acceptors (Lipinski definition) is 5. The van der Waals surface area contributed by atoms with Gasteiger partial charge in [-0.25, -0.2) is 9.97 Å². The molecule has 1 aliphatic rings. The number of primary amides is 1. The van der Waals surface area contributed by atoms with Crippen LogP contribution in [-0.4, -0.2) is 41.7 Å². The fourth-order valence-corrected chi connectivity index (χ4v) is 1.46. The smallest absolute Gasteiger partial charge is 0.248 e. The van der Waals surface area contributed by atoms with Crippen molar-refractivity contribution in [3.8, 4) is 0 Å². The molecule has 0 aliphatic carbocycles. The summed E-state index contributed by atoms with van der Waals surface area (Å²) in [7, 11) is 0. The van der Waals surface area contributed by atoms with Gasteiger partial charge in [0.25, 0.3) is 0 Å². The van der Waals surface area contributed by atoms with Crippen molar-refractivity contribution in [2.75, 3.05) is 24.6 Å². The first kappa shape index (κ1) is 9.85. The number of anilines is 1. The molecular weight excluding hydrogens is 196 g/mol. The number of nitrogens with zero attached hydrogens (tertiary/aromatic N) is 3. The van der Waals surface area contributed by atoms with Gasteiger partial charge in [-0.2, -0.15) is 0 Å². The largest absolute Gasteiger partial charge is 0.367 e. The summed E-state index contributed by atoms with van der Waals surface area (Å²) in [4.78, 5) is 21.1. The molecule has 0 bridgehead atoms. The number of carbonyl (C=O) groups excluding carboxylic acids is 1. The Morgan fingerprint density at radius 3 is 2.93 bits per heavy atom. The van der Waals surface area contributed by atoms with E-state index in [2.05, 4.69) is 9.97 Å². The van der Waals surface area contributed by atoms with Crippen LogP contribution < -0.4 is 10.6 Å². The van der Waals surface area contributed by atoms with Crippen LogP contribution in [0.25, 0.3) is 0 Å². The van der Waals surface area contributed by atoms with E-state index in [1.807, 2.05) is 4.90 Å². The average molecular weight is 208 g/mol. The Morgan fingerprint density at radius 1 is 1.53 bits per heavy atom. The summed E-state index contributed by atoms with van der Waals surface area (Å²) in [6.45, 7) is 1.55. The van der Waals surface area contributed by atoms with E-state index >= 15 is 0 Å². The Hall–Kier alpha value is -1.69. The van der Waals surface area contributed by atoms with Gasteiger partial charge in [-0.1, -0.05) is 0 Å². The van der Waals surface area contributed by atoms with Gasteiger partial charge >= 0.3 is 0 Å². The highest BCUT2D eigenvalue weighted by Crippen LogP contribution is 2.11. The second-order valence-electron chi connectivity index (χ2n) is 3.26. The van der Waals surface area contributed by atoms with Crippen LogP contribution in [0.15, 0.2) is 18.5 Å². The normalized spacial score (nSPS) is 21.3. The summed E-state index contributed by atoms with van der Waals surface area (Å²) >= 11 is 0. The van der Waals surface area contributed by atoms with Crippen LogP contribution in [0.4, 0.5) is 5.95 Å². The number of amides is 1. The second kappa shape index (κ2) is 4.22. The van der Waals surface area contributed by atoms with Gasteiger partial charge < -0.3 is 15.4 Å². The Balaban J connectivity index is 2.08. The first-order valence-corrected chi connectivity index (χ1v) is 4.70. The minimum Gasteiger partial charge on any atom is -0.367 e. The van der Waals surface area contributed by atoms with Gasteiger partial charge in [0, 0.05) is 18.9 Å². The number of carbonyl (C=O) groups is 1. The molecule has 0 aromatic carbocycles. The molecule has 6 heteroatoms. The highest BCUT2D eigenvalue weighted by atomic mass is 16.5. The Bertz CT molecular complexity index is 343. The molecule has 1 fully saturated rings. The van der Waals surface area contributed by atoms with Gasteiger partial charge in [0.1, 0.15) is 0 Å². The molecule has 1 aliphatic heterocycles. The summed E-state index contributed by atoms with van der Waals surface area (Å²) in [5, 5.41) is 0. The predicted molar refractivity (Wildman–Crippen MR) is 53.2 cm³/mol. The third-order valence-corrected chi connectivity index (χ3v) is 2.22. The van der Waals surface area contributed by atoms with Gasteiger partial charge in [-0.3, -0.25) is 4.79 Å². The second-order valence-corrected chi connectivity index (χ2v) is 3.26. The van der Waals surface area contributed by atoms with Gasteiger partial charge in [0.05, 0.1) is 13.2 Å². The lowest BCUT2D eigenvalue weighted by Crippen LogP contribution is -2.49. The summed E-state index contributed by atoms with van der Waals surface area (Å²) < 4.78 is 5.22. The molecule has 0 unspecified atom stereocenters. The van der Waals surface area contributed by atoms with Crippen LogP contribution in [0.3, 0.4) is 0 Å². The van der Waals surface area contributed by atoms with E-state index < -0.39 is 12.0 Å². The van der Waals surface area contributed by atoms with Gasteiger partial charge in [0.2, 0.25) is 11.9 Å². The van der Waals surface area contributed by atoms with E-state index in [1.54, 1.807) is 18.5 Å². The Kier molecular flexibility index (Phi) is 2.77. The maximum Gasteiger partial charge on any atom is 0.248 e. The maximum atomic E-state index is 11.0. The molecule has 1 aromatic rings. The summed E-state index contributed by atoms with van der Waals surface area (Å²) in [6, 6.07) is 1.75. The molecule has 2 N–H and O–H groups in total. The Morgan fingerprint density at radius 2 is 2.27 bits per heavy atom. The molecule has 1 saturated heterocycles. The highest BCUT2D eigenvalue weighted by Gasteiger charge is 2.25. The molecule has 1 aromatic heterocycles. The van der Waals surface area contributed by atoms with Crippen molar-refractivity contribution in [1.29, 1.82) is 0 Å². The van der Waals surface area contributed by atoms with Crippen molar-refractivity contribution >= 4 is 11.9 Å². The van der Waals surface area contributed by atoms with Crippen LogP contribution in [-0.2, 0) is 9.53 Å². The molecular formula is C9H12N4O2. The van der Waals surface area contributed by atoms with E-state index in [0.29, 0.717) is 25.6 Å². The van der Waals surface area contributed by atoms with Crippen molar-refractivity contribution in [1.82, 2.24) is 9.97 Å². The average Bonchev–Trinajstić information content (AvgIpc) is 2.30. The fraction of sp³-hybridized carbons (Fsp3) is 0.444. The zero-order valence-electron chi connectivity index (χ0n) is 8.17. The number of hydrogen-bond donors (Lipinski definition) is 1. The molecule has 1 amide bonds. The first-order valence-electron chi connectivity index (χ1n) is 4.70. The monoisotopic (exact) mass is 208 g/mol. The van der Waals surface area contributed by atoms with Crippen molar-refractivity contribution in [2.24, 2.45) is 5.73 Å². The van der Waals surface area contributed by atoms with Crippen molar-refractivity contribution in [3.05, 3.63) is 18.5 Å². The molecule has 80 valence electrons. The zero-order valence-corrected chi connectivity index (χ0v) is 8.17. The van der Waals surface area contributed by atoms with Crippen LogP contribution >= 0.6 is 0 Å². The molecule has 0 spiro atoms. The van der Waals surface area contributed by atoms with E-state index in [-0.39, 0.29) is 0 Å². The lowest BCUT2D eigenvalue weighted by molar-refractivity contribution is -0.130. The molecule has 0 radical (unpaired) electrons. The number of aromatic nitrogens is 2. The number of morpholine rings is 1. The van der Waals surface area contributed by atoms with Gasteiger partial charge in [0.15, 0.2) is 6.10 Å². The van der Waals surface area contributed by atoms with E-state index in [1.165, 1.54) is 0 Å². The topological polar surface area (TPSA) is 81.3 Å².